The maximum absolute atomic E-state index is 12.7. The van der Waals surface area contributed by atoms with Gasteiger partial charge in [0.05, 0.1) is 6.54 Å². The van der Waals surface area contributed by atoms with Gasteiger partial charge in [-0.1, -0.05) is 49.6 Å². The molecule has 2 heterocycles. The molecular formula is C21H25N3O4. The molecule has 0 aromatic heterocycles. The minimum atomic E-state index is -0.915. The van der Waals surface area contributed by atoms with Gasteiger partial charge in [-0.25, -0.2) is 9.69 Å². The molecule has 3 fully saturated rings. The van der Waals surface area contributed by atoms with Crippen molar-refractivity contribution in [3.05, 3.63) is 35.9 Å². The van der Waals surface area contributed by atoms with Crippen LogP contribution in [-0.4, -0.2) is 58.1 Å². The Hall–Kier alpha value is -2.70. The maximum atomic E-state index is 12.7. The summed E-state index contributed by atoms with van der Waals surface area (Å²) in [4.78, 5) is 53.4. The van der Waals surface area contributed by atoms with Crippen LogP contribution in [0, 0.1) is 11.8 Å². The van der Waals surface area contributed by atoms with Crippen molar-refractivity contribution in [2.24, 2.45) is 11.8 Å². The fraction of sp³-hybridized carbons (Fsp3) is 0.524. The quantitative estimate of drug-likeness (QED) is 0.589. The lowest BCUT2D eigenvalue weighted by atomic mass is 9.75. The van der Waals surface area contributed by atoms with E-state index in [1.807, 2.05) is 6.07 Å². The summed E-state index contributed by atoms with van der Waals surface area (Å²) in [6.07, 6.45) is 5.83. The van der Waals surface area contributed by atoms with E-state index < -0.39 is 17.8 Å². The van der Waals surface area contributed by atoms with Crippen molar-refractivity contribution in [1.82, 2.24) is 14.7 Å². The number of carbonyl (C=O) groups is 4. The molecule has 28 heavy (non-hydrogen) atoms. The Bertz CT molecular complexity index is 794. The summed E-state index contributed by atoms with van der Waals surface area (Å²) in [7, 11) is 0. The number of rotatable bonds is 4. The summed E-state index contributed by atoms with van der Waals surface area (Å²) in [6.45, 7) is 1.04. The van der Waals surface area contributed by atoms with Gasteiger partial charge in [0.2, 0.25) is 5.91 Å². The van der Waals surface area contributed by atoms with Crippen molar-refractivity contribution in [2.45, 2.75) is 38.6 Å². The number of piperidine rings is 1. The van der Waals surface area contributed by atoms with E-state index in [1.165, 1.54) is 19.3 Å². The summed E-state index contributed by atoms with van der Waals surface area (Å²) in [5.41, 5.74) is 0.754. The maximum Gasteiger partial charge on any atom is 0.335 e. The second-order valence-corrected chi connectivity index (χ2v) is 7.98. The zero-order valence-corrected chi connectivity index (χ0v) is 15.9. The number of imide groups is 2. The molecule has 0 N–H and O–H groups in total. The Morgan fingerprint density at radius 1 is 0.893 bits per heavy atom. The van der Waals surface area contributed by atoms with Crippen LogP contribution in [0.25, 0.3) is 0 Å². The minimum absolute atomic E-state index is 0.0302. The SMILES string of the molecule is O=C(CN1C(=O)C(=O)N(Cc2ccccc2)C1=O)N1CCC2CCCCC2C1. The van der Waals surface area contributed by atoms with Crippen LogP contribution in [0.3, 0.4) is 0 Å². The number of carbonyl (C=O) groups excluding carboxylic acids is 4. The van der Waals surface area contributed by atoms with Gasteiger partial charge in [-0.05, 0) is 30.2 Å². The van der Waals surface area contributed by atoms with Crippen molar-refractivity contribution >= 4 is 23.8 Å². The van der Waals surface area contributed by atoms with Crippen LogP contribution >= 0.6 is 0 Å². The van der Waals surface area contributed by atoms with E-state index in [0.717, 1.165) is 28.2 Å². The van der Waals surface area contributed by atoms with Crippen LogP contribution in [0.2, 0.25) is 0 Å². The molecule has 4 rings (SSSR count). The van der Waals surface area contributed by atoms with Gasteiger partial charge < -0.3 is 4.90 Å². The van der Waals surface area contributed by atoms with Crippen LogP contribution in [0.15, 0.2) is 30.3 Å². The van der Waals surface area contributed by atoms with E-state index in [0.29, 0.717) is 24.9 Å². The monoisotopic (exact) mass is 383 g/mol. The van der Waals surface area contributed by atoms with E-state index in [2.05, 4.69) is 0 Å². The van der Waals surface area contributed by atoms with Crippen LogP contribution < -0.4 is 0 Å². The molecule has 148 valence electrons. The fourth-order valence-electron chi connectivity index (χ4n) is 4.66. The molecule has 3 aliphatic rings. The van der Waals surface area contributed by atoms with E-state index in [9.17, 15) is 19.2 Å². The summed E-state index contributed by atoms with van der Waals surface area (Å²) < 4.78 is 0. The lowest BCUT2D eigenvalue weighted by Gasteiger charge is -2.41. The number of hydrogen-bond donors (Lipinski definition) is 0. The molecule has 1 aromatic rings. The van der Waals surface area contributed by atoms with Gasteiger partial charge >= 0.3 is 17.8 Å². The number of nitrogens with zero attached hydrogens (tertiary/aromatic N) is 3. The van der Waals surface area contributed by atoms with Crippen LogP contribution in [-0.2, 0) is 20.9 Å². The van der Waals surface area contributed by atoms with E-state index in [4.69, 9.17) is 0 Å². The summed E-state index contributed by atoms with van der Waals surface area (Å²) >= 11 is 0. The second kappa shape index (κ2) is 7.73. The summed E-state index contributed by atoms with van der Waals surface area (Å²) in [5.74, 6) is -0.821. The zero-order chi connectivity index (χ0) is 19.7. The predicted octanol–water partition coefficient (Wildman–Crippen LogP) is 2.02. The van der Waals surface area contributed by atoms with Crippen LogP contribution in [0.4, 0.5) is 4.79 Å². The second-order valence-electron chi connectivity index (χ2n) is 7.98. The van der Waals surface area contributed by atoms with Crippen LogP contribution in [0.5, 0.6) is 0 Å². The molecule has 0 radical (unpaired) electrons. The number of hydrogen-bond acceptors (Lipinski definition) is 4. The largest absolute Gasteiger partial charge is 0.341 e. The topological polar surface area (TPSA) is 78.0 Å². The van der Waals surface area contributed by atoms with Crippen molar-refractivity contribution in [2.75, 3.05) is 19.6 Å². The molecule has 7 nitrogen and oxygen atoms in total. The Morgan fingerprint density at radius 3 is 2.32 bits per heavy atom. The third kappa shape index (κ3) is 3.53. The van der Waals surface area contributed by atoms with Gasteiger partial charge in [0.15, 0.2) is 0 Å². The molecule has 0 bridgehead atoms. The van der Waals surface area contributed by atoms with Crippen LogP contribution in [0.1, 0.15) is 37.7 Å². The Kier molecular flexibility index (Phi) is 5.15. The fourth-order valence-corrected chi connectivity index (χ4v) is 4.66. The number of fused-ring (bicyclic) bond motifs is 1. The first-order chi connectivity index (χ1) is 13.5. The van der Waals surface area contributed by atoms with E-state index >= 15 is 0 Å². The van der Waals surface area contributed by atoms with Crippen molar-refractivity contribution < 1.29 is 19.2 Å². The number of amides is 5. The average molecular weight is 383 g/mol. The highest BCUT2D eigenvalue weighted by atomic mass is 16.2. The first-order valence-corrected chi connectivity index (χ1v) is 10.0. The summed E-state index contributed by atoms with van der Waals surface area (Å²) in [5, 5.41) is 0. The van der Waals surface area contributed by atoms with Gasteiger partial charge in [-0.15, -0.1) is 0 Å². The van der Waals surface area contributed by atoms with Gasteiger partial charge in [0.25, 0.3) is 0 Å². The van der Waals surface area contributed by atoms with Gasteiger partial charge in [-0.2, -0.15) is 0 Å². The molecule has 1 aromatic carbocycles. The Balaban J connectivity index is 1.40. The highest BCUT2D eigenvalue weighted by molar-refractivity contribution is 6.44. The molecule has 1 saturated carbocycles. The Morgan fingerprint density at radius 2 is 1.57 bits per heavy atom. The van der Waals surface area contributed by atoms with E-state index in [1.54, 1.807) is 29.2 Å². The standard InChI is InChI=1S/C21H25N3O4/c25-18(22-11-10-16-8-4-5-9-17(16)13-22)14-24-20(27)19(26)23(21(24)28)12-15-6-2-1-3-7-15/h1-3,6-7,16-17H,4-5,8-14H2. The van der Waals surface area contributed by atoms with Gasteiger partial charge in [0, 0.05) is 13.1 Å². The molecule has 2 aliphatic heterocycles. The van der Waals surface area contributed by atoms with Gasteiger partial charge in [0.1, 0.15) is 6.54 Å². The number of benzene rings is 1. The third-order valence-electron chi connectivity index (χ3n) is 6.26. The molecule has 2 unspecified atom stereocenters. The molecule has 2 saturated heterocycles. The molecule has 7 heteroatoms. The van der Waals surface area contributed by atoms with Crippen molar-refractivity contribution in [3.63, 3.8) is 0 Å². The van der Waals surface area contributed by atoms with E-state index in [-0.39, 0.29) is 19.0 Å². The molecule has 5 amide bonds. The normalized spacial score (nSPS) is 25.3. The molecule has 2 atom stereocenters. The minimum Gasteiger partial charge on any atom is -0.341 e. The molecular weight excluding hydrogens is 358 g/mol. The summed E-state index contributed by atoms with van der Waals surface area (Å²) in [6, 6.07) is 8.31. The highest BCUT2D eigenvalue weighted by Crippen LogP contribution is 2.36. The number of likely N-dealkylation sites (tertiary alicyclic amines) is 1. The zero-order valence-electron chi connectivity index (χ0n) is 15.9. The lowest BCUT2D eigenvalue weighted by Crippen LogP contribution is -2.49. The average Bonchev–Trinajstić information content (AvgIpc) is 2.92. The molecule has 1 aliphatic carbocycles. The predicted molar refractivity (Wildman–Crippen MR) is 101 cm³/mol. The Labute approximate surface area is 164 Å². The first-order valence-electron chi connectivity index (χ1n) is 10.0. The third-order valence-corrected chi connectivity index (χ3v) is 6.26. The molecule has 0 spiro atoms. The number of urea groups is 1. The first kappa shape index (κ1) is 18.7. The van der Waals surface area contributed by atoms with Gasteiger partial charge in [-0.3, -0.25) is 19.3 Å². The lowest BCUT2D eigenvalue weighted by molar-refractivity contribution is -0.145. The highest BCUT2D eigenvalue weighted by Gasteiger charge is 2.46. The van der Waals surface area contributed by atoms with Crippen molar-refractivity contribution in [3.8, 4) is 0 Å². The smallest absolute Gasteiger partial charge is 0.335 e. The van der Waals surface area contributed by atoms with Crippen molar-refractivity contribution in [1.29, 1.82) is 0 Å².